The summed E-state index contributed by atoms with van der Waals surface area (Å²) in [5.41, 5.74) is 3.77. The van der Waals surface area contributed by atoms with Crippen LogP contribution in [0.25, 0.3) is 6.08 Å². The monoisotopic (exact) mass is 485 g/mol. The quantitative estimate of drug-likeness (QED) is 0.330. The third-order valence-corrected chi connectivity index (χ3v) is 5.37. The van der Waals surface area contributed by atoms with Crippen molar-refractivity contribution in [2.75, 3.05) is 31.5 Å². The molecule has 0 atom stereocenters. The number of carbonyl (C=O) groups excluding carboxylic acids is 2. The van der Waals surface area contributed by atoms with E-state index in [2.05, 4.69) is 10.6 Å². The van der Waals surface area contributed by atoms with Crippen LogP contribution in [0.1, 0.15) is 16.7 Å². The van der Waals surface area contributed by atoms with Gasteiger partial charge in [-0.2, -0.15) is 5.26 Å². The highest BCUT2D eigenvalue weighted by Crippen LogP contribution is 2.29. The van der Waals surface area contributed by atoms with Gasteiger partial charge in [-0.15, -0.1) is 0 Å². The molecule has 2 N–H and O–H groups in total. The standard InChI is InChI=1S/C28H27N3O5/c1-18-9-11-22(13-19(18)2)30-28(33)21(16-29)14-20-10-12-25(26(15-20)35-4)36-17-27(32)31-23-7-5-6-8-24(23)34-3/h5-15H,17H2,1-4H3,(H,30,33)(H,31,32). The van der Waals surface area contributed by atoms with Crippen LogP contribution in [0.15, 0.2) is 66.2 Å². The minimum atomic E-state index is -0.520. The molecule has 0 unspecified atom stereocenters. The lowest BCUT2D eigenvalue weighted by molar-refractivity contribution is -0.118. The van der Waals surface area contributed by atoms with Gasteiger partial charge in [0, 0.05) is 5.69 Å². The van der Waals surface area contributed by atoms with Crippen molar-refractivity contribution in [3.8, 4) is 23.3 Å². The Bertz CT molecular complexity index is 1340. The van der Waals surface area contributed by atoms with Gasteiger partial charge in [0.2, 0.25) is 0 Å². The fourth-order valence-corrected chi connectivity index (χ4v) is 3.30. The van der Waals surface area contributed by atoms with Crippen molar-refractivity contribution in [1.29, 1.82) is 5.26 Å². The predicted molar refractivity (Wildman–Crippen MR) is 138 cm³/mol. The summed E-state index contributed by atoms with van der Waals surface area (Å²) in [6, 6.07) is 19.4. The number of hydrogen-bond donors (Lipinski definition) is 2. The second kappa shape index (κ2) is 12.1. The average molecular weight is 486 g/mol. The molecule has 0 aliphatic heterocycles. The smallest absolute Gasteiger partial charge is 0.266 e. The Balaban J connectivity index is 1.69. The Morgan fingerprint density at radius 2 is 1.64 bits per heavy atom. The van der Waals surface area contributed by atoms with Crippen LogP contribution in [0.2, 0.25) is 0 Å². The average Bonchev–Trinajstić information content (AvgIpc) is 2.88. The van der Waals surface area contributed by atoms with Gasteiger partial charge in [-0.3, -0.25) is 9.59 Å². The summed E-state index contributed by atoms with van der Waals surface area (Å²) in [6.45, 7) is 3.67. The minimum absolute atomic E-state index is 0.0693. The number of rotatable bonds is 9. The molecule has 184 valence electrons. The van der Waals surface area contributed by atoms with Crippen molar-refractivity contribution in [2.24, 2.45) is 0 Å². The zero-order valence-corrected chi connectivity index (χ0v) is 20.5. The molecule has 0 fully saturated rings. The molecule has 2 amide bonds. The normalized spacial score (nSPS) is 10.7. The molecule has 0 aliphatic rings. The number of methoxy groups -OCH3 is 2. The number of ether oxygens (including phenoxy) is 3. The molecule has 0 heterocycles. The number of amides is 2. The third kappa shape index (κ3) is 6.64. The van der Waals surface area contributed by atoms with Gasteiger partial charge < -0.3 is 24.8 Å². The first-order valence-corrected chi connectivity index (χ1v) is 11.1. The van der Waals surface area contributed by atoms with E-state index in [1.54, 1.807) is 48.5 Å². The Morgan fingerprint density at radius 1 is 0.889 bits per heavy atom. The van der Waals surface area contributed by atoms with E-state index in [4.69, 9.17) is 14.2 Å². The highest BCUT2D eigenvalue weighted by Gasteiger charge is 2.13. The maximum Gasteiger partial charge on any atom is 0.266 e. The second-order valence-electron chi connectivity index (χ2n) is 7.87. The molecule has 0 saturated heterocycles. The zero-order chi connectivity index (χ0) is 26.1. The van der Waals surface area contributed by atoms with Gasteiger partial charge in [-0.25, -0.2) is 0 Å². The highest BCUT2D eigenvalue weighted by molar-refractivity contribution is 6.09. The van der Waals surface area contributed by atoms with E-state index in [1.807, 2.05) is 32.0 Å². The predicted octanol–water partition coefficient (Wildman–Crippen LogP) is 4.88. The number of hydrogen-bond acceptors (Lipinski definition) is 6. The van der Waals surface area contributed by atoms with Crippen LogP contribution in [0.5, 0.6) is 17.2 Å². The molecule has 3 aromatic rings. The molecule has 0 radical (unpaired) electrons. The van der Waals surface area contributed by atoms with Crippen molar-refractivity contribution in [3.63, 3.8) is 0 Å². The minimum Gasteiger partial charge on any atom is -0.495 e. The molecule has 0 bridgehead atoms. The zero-order valence-electron chi connectivity index (χ0n) is 20.5. The summed E-state index contributed by atoms with van der Waals surface area (Å²) >= 11 is 0. The number of nitrogens with zero attached hydrogens (tertiary/aromatic N) is 1. The number of benzene rings is 3. The first-order valence-electron chi connectivity index (χ1n) is 11.1. The lowest BCUT2D eigenvalue weighted by Crippen LogP contribution is -2.20. The van der Waals surface area contributed by atoms with Gasteiger partial charge >= 0.3 is 0 Å². The first kappa shape index (κ1) is 25.8. The molecule has 0 saturated carbocycles. The van der Waals surface area contributed by atoms with E-state index >= 15 is 0 Å². The maximum absolute atomic E-state index is 12.6. The number of nitrogens with one attached hydrogen (secondary N) is 2. The molecule has 0 spiro atoms. The molecule has 36 heavy (non-hydrogen) atoms. The fraction of sp³-hybridized carbons (Fsp3) is 0.179. The van der Waals surface area contributed by atoms with Gasteiger partial charge in [-0.05, 0) is 73.0 Å². The van der Waals surface area contributed by atoms with Crippen LogP contribution in [0, 0.1) is 25.2 Å². The topological polar surface area (TPSA) is 110 Å². The molecular formula is C28H27N3O5. The van der Waals surface area contributed by atoms with Gasteiger partial charge in [0.05, 0.1) is 19.9 Å². The lowest BCUT2D eigenvalue weighted by Gasteiger charge is -2.13. The van der Waals surface area contributed by atoms with Crippen LogP contribution < -0.4 is 24.8 Å². The first-order chi connectivity index (χ1) is 17.3. The van der Waals surface area contributed by atoms with Gasteiger partial charge in [0.15, 0.2) is 18.1 Å². The molecule has 0 aliphatic carbocycles. The van der Waals surface area contributed by atoms with Gasteiger partial charge in [-0.1, -0.05) is 24.3 Å². The van der Waals surface area contributed by atoms with Gasteiger partial charge in [0.1, 0.15) is 17.4 Å². The van der Waals surface area contributed by atoms with Crippen molar-refractivity contribution < 1.29 is 23.8 Å². The van der Waals surface area contributed by atoms with Crippen LogP contribution in [-0.4, -0.2) is 32.6 Å². The molecule has 0 aromatic heterocycles. The summed E-state index contributed by atoms with van der Waals surface area (Å²) in [7, 11) is 2.98. The van der Waals surface area contributed by atoms with E-state index in [9.17, 15) is 14.9 Å². The third-order valence-electron chi connectivity index (χ3n) is 5.37. The molecule has 3 aromatic carbocycles. The number of nitriles is 1. The van der Waals surface area contributed by atoms with Crippen molar-refractivity contribution in [1.82, 2.24) is 0 Å². The molecule has 8 heteroatoms. The lowest BCUT2D eigenvalue weighted by atomic mass is 10.1. The van der Waals surface area contributed by atoms with E-state index in [0.717, 1.165) is 11.1 Å². The maximum atomic E-state index is 12.6. The van der Waals surface area contributed by atoms with E-state index in [-0.39, 0.29) is 18.1 Å². The Labute approximate surface area is 210 Å². The van der Waals surface area contributed by atoms with E-state index in [1.165, 1.54) is 20.3 Å². The van der Waals surface area contributed by atoms with Crippen molar-refractivity contribution >= 4 is 29.3 Å². The number of para-hydroxylation sites is 2. The Hall–Kier alpha value is -4.77. The van der Waals surface area contributed by atoms with Crippen LogP contribution in [0.4, 0.5) is 11.4 Å². The molecule has 3 rings (SSSR count). The van der Waals surface area contributed by atoms with Crippen LogP contribution in [-0.2, 0) is 9.59 Å². The van der Waals surface area contributed by atoms with Crippen LogP contribution >= 0.6 is 0 Å². The summed E-state index contributed by atoms with van der Waals surface area (Å²) in [6.07, 6.45) is 1.46. The summed E-state index contributed by atoms with van der Waals surface area (Å²) in [5.74, 6) is 0.325. The highest BCUT2D eigenvalue weighted by atomic mass is 16.5. The van der Waals surface area contributed by atoms with Crippen molar-refractivity contribution in [3.05, 3.63) is 82.9 Å². The summed E-state index contributed by atoms with van der Waals surface area (Å²) in [5, 5.41) is 15.0. The largest absolute Gasteiger partial charge is 0.495 e. The van der Waals surface area contributed by atoms with Crippen molar-refractivity contribution in [2.45, 2.75) is 13.8 Å². The van der Waals surface area contributed by atoms with E-state index in [0.29, 0.717) is 34.2 Å². The Kier molecular flexibility index (Phi) is 8.68. The summed E-state index contributed by atoms with van der Waals surface area (Å²) in [4.78, 5) is 25.0. The number of aryl methyl sites for hydroxylation is 2. The second-order valence-corrected chi connectivity index (χ2v) is 7.87. The Morgan fingerprint density at radius 3 is 2.33 bits per heavy atom. The van der Waals surface area contributed by atoms with Gasteiger partial charge in [0.25, 0.3) is 11.8 Å². The molecule has 8 nitrogen and oxygen atoms in total. The van der Waals surface area contributed by atoms with E-state index < -0.39 is 5.91 Å². The fourth-order valence-electron chi connectivity index (χ4n) is 3.30. The van der Waals surface area contributed by atoms with Crippen LogP contribution in [0.3, 0.4) is 0 Å². The number of carbonyl (C=O) groups is 2. The SMILES string of the molecule is COc1ccccc1NC(=O)COc1ccc(C=C(C#N)C(=O)Nc2ccc(C)c(C)c2)cc1OC. The number of anilines is 2. The summed E-state index contributed by atoms with van der Waals surface area (Å²) < 4.78 is 16.2. The molecular weight excluding hydrogens is 458 g/mol.